The van der Waals surface area contributed by atoms with Crippen molar-refractivity contribution in [2.45, 2.75) is 31.0 Å². The first-order valence-electron chi connectivity index (χ1n) is 11.7. The highest BCUT2D eigenvalue weighted by Crippen LogP contribution is 2.64. The maximum atomic E-state index is 14.5. The topological polar surface area (TPSA) is 52.6 Å². The second-order valence-electron chi connectivity index (χ2n) is 9.96. The van der Waals surface area contributed by atoms with Crippen molar-refractivity contribution >= 4 is 11.9 Å². The van der Waals surface area contributed by atoms with E-state index in [1.165, 1.54) is 11.6 Å². The van der Waals surface area contributed by atoms with Gasteiger partial charge in [-0.25, -0.2) is 22.8 Å². The van der Waals surface area contributed by atoms with E-state index < -0.39 is 41.6 Å². The lowest BCUT2D eigenvalue weighted by molar-refractivity contribution is -0.0698. The Morgan fingerprint density at radius 3 is 2.43 bits per heavy atom. The fourth-order valence-corrected chi connectivity index (χ4v) is 7.05. The molecule has 2 saturated carbocycles. The van der Waals surface area contributed by atoms with Gasteiger partial charge in [0.25, 0.3) is 0 Å². The molecule has 176 valence electrons. The fraction of sp³-hybridized carbons (Fsp3) is 0.286. The van der Waals surface area contributed by atoms with Gasteiger partial charge in [0.1, 0.15) is 29.7 Å². The molecule has 0 aromatic heterocycles. The SMILES string of the molecule is O=C(O[C@@H]1C2CC3C4c5c(cccc5-c5cc(F)cc(c5)C(=O)O[C@@H]31)CC42)c1cc(F)cc(F)c1. The molecule has 4 bridgehead atoms. The smallest absolute Gasteiger partial charge is 0.338 e. The van der Waals surface area contributed by atoms with Crippen LogP contribution in [0.3, 0.4) is 0 Å². The second kappa shape index (κ2) is 7.20. The standard InChI is InChI=1S/C28H19F3O4/c29-16-5-13-4-14(6-16)27(32)35-26-22-11-21(20-9-12-2-1-3-19(13)23(12)24(20)22)25(26)34-28(33)15-7-17(30)10-18(31)8-15/h1-8,10,20-22,24-26H,9,11H2/t20?,21?,22?,24?,25-,26+/m1/s1. The van der Waals surface area contributed by atoms with Crippen LogP contribution in [-0.2, 0) is 15.9 Å². The molecule has 0 amide bonds. The molecular weight excluding hydrogens is 457 g/mol. The third-order valence-electron chi connectivity index (χ3n) is 8.20. The number of carbonyl (C=O) groups is 2. The maximum Gasteiger partial charge on any atom is 0.338 e. The van der Waals surface area contributed by atoms with Crippen LogP contribution in [-0.4, -0.2) is 24.1 Å². The summed E-state index contributed by atoms with van der Waals surface area (Å²) in [7, 11) is 0. The highest BCUT2D eigenvalue weighted by atomic mass is 19.1. The summed E-state index contributed by atoms with van der Waals surface area (Å²) >= 11 is 0. The highest BCUT2D eigenvalue weighted by Gasteiger charge is 2.64. The van der Waals surface area contributed by atoms with Gasteiger partial charge in [0.2, 0.25) is 0 Å². The summed E-state index contributed by atoms with van der Waals surface area (Å²) < 4.78 is 53.6. The van der Waals surface area contributed by atoms with Crippen molar-refractivity contribution in [3.8, 4) is 11.1 Å². The summed E-state index contributed by atoms with van der Waals surface area (Å²) in [5.74, 6) is -3.73. The van der Waals surface area contributed by atoms with Crippen molar-refractivity contribution in [2.75, 3.05) is 0 Å². The molecule has 3 aromatic rings. The van der Waals surface area contributed by atoms with Crippen molar-refractivity contribution < 1.29 is 32.2 Å². The zero-order chi connectivity index (χ0) is 24.0. The van der Waals surface area contributed by atoms with Crippen LogP contribution in [0.5, 0.6) is 0 Å². The number of carbonyl (C=O) groups excluding carboxylic acids is 2. The lowest BCUT2D eigenvalue weighted by atomic mass is 9.75. The van der Waals surface area contributed by atoms with Gasteiger partial charge in [-0.15, -0.1) is 0 Å². The molecule has 7 rings (SSSR count). The Kier molecular flexibility index (Phi) is 4.26. The van der Waals surface area contributed by atoms with E-state index in [-0.39, 0.29) is 34.8 Å². The van der Waals surface area contributed by atoms with Crippen LogP contribution in [0.2, 0.25) is 0 Å². The molecule has 2 fully saturated rings. The largest absolute Gasteiger partial charge is 0.455 e. The molecule has 7 heteroatoms. The molecule has 4 unspecified atom stereocenters. The lowest BCUT2D eigenvalue weighted by Crippen LogP contribution is -2.45. The first-order chi connectivity index (χ1) is 16.9. The number of halogens is 3. The zero-order valence-electron chi connectivity index (χ0n) is 18.3. The number of ether oxygens (including phenoxy) is 2. The molecule has 0 spiro atoms. The molecule has 4 aliphatic rings. The molecular formula is C28H19F3O4. The maximum absolute atomic E-state index is 14.5. The minimum atomic E-state index is -0.879. The van der Waals surface area contributed by atoms with E-state index >= 15 is 0 Å². The van der Waals surface area contributed by atoms with Crippen LogP contribution in [0.4, 0.5) is 13.2 Å². The summed E-state index contributed by atoms with van der Waals surface area (Å²) in [4.78, 5) is 26.0. The van der Waals surface area contributed by atoms with Crippen molar-refractivity contribution in [3.63, 3.8) is 0 Å². The van der Waals surface area contributed by atoms with Gasteiger partial charge in [0.15, 0.2) is 0 Å². The van der Waals surface area contributed by atoms with Gasteiger partial charge in [-0.3, -0.25) is 0 Å². The fourth-order valence-electron chi connectivity index (χ4n) is 7.05. The molecule has 0 saturated heterocycles. The molecule has 6 atom stereocenters. The van der Waals surface area contributed by atoms with Crippen LogP contribution in [0.25, 0.3) is 11.1 Å². The lowest BCUT2D eigenvalue weighted by Gasteiger charge is -2.38. The third kappa shape index (κ3) is 3.00. The molecule has 1 aliphatic heterocycles. The Labute approximate surface area is 198 Å². The van der Waals surface area contributed by atoms with Gasteiger partial charge in [-0.05, 0) is 77.3 Å². The molecule has 4 nitrogen and oxygen atoms in total. The van der Waals surface area contributed by atoms with Gasteiger partial charge in [-0.2, -0.15) is 0 Å². The first-order valence-corrected chi connectivity index (χ1v) is 11.7. The van der Waals surface area contributed by atoms with Crippen LogP contribution in [0.15, 0.2) is 54.6 Å². The third-order valence-corrected chi connectivity index (χ3v) is 8.20. The van der Waals surface area contributed by atoms with E-state index in [2.05, 4.69) is 6.07 Å². The number of rotatable bonds is 2. The highest BCUT2D eigenvalue weighted by molar-refractivity contribution is 5.92. The predicted octanol–water partition coefficient (Wildman–Crippen LogP) is 5.44. The van der Waals surface area contributed by atoms with Gasteiger partial charge >= 0.3 is 11.9 Å². The van der Waals surface area contributed by atoms with Crippen molar-refractivity contribution in [1.29, 1.82) is 0 Å². The monoisotopic (exact) mass is 476 g/mol. The first kappa shape index (κ1) is 20.7. The van der Waals surface area contributed by atoms with E-state index in [0.717, 1.165) is 35.7 Å². The van der Waals surface area contributed by atoms with Crippen molar-refractivity contribution in [2.24, 2.45) is 17.8 Å². The Hall–Kier alpha value is -3.61. The van der Waals surface area contributed by atoms with E-state index in [1.54, 1.807) is 6.07 Å². The molecule has 3 aliphatic carbocycles. The van der Waals surface area contributed by atoms with Crippen LogP contribution in [0.1, 0.15) is 44.2 Å². The molecule has 35 heavy (non-hydrogen) atoms. The van der Waals surface area contributed by atoms with E-state index in [1.807, 2.05) is 12.1 Å². The summed E-state index contributed by atoms with van der Waals surface area (Å²) in [6, 6.07) is 12.7. The second-order valence-corrected chi connectivity index (χ2v) is 9.96. The normalized spacial score (nSPS) is 29.2. The Balaban J connectivity index is 1.33. The number of esters is 2. The molecule has 3 aromatic carbocycles. The van der Waals surface area contributed by atoms with Crippen molar-refractivity contribution in [3.05, 3.63) is 94.3 Å². The van der Waals surface area contributed by atoms with Gasteiger partial charge in [0.05, 0.1) is 11.1 Å². The predicted molar refractivity (Wildman–Crippen MR) is 118 cm³/mol. The Morgan fingerprint density at radius 2 is 1.63 bits per heavy atom. The molecule has 0 radical (unpaired) electrons. The summed E-state index contributed by atoms with van der Waals surface area (Å²) in [5, 5.41) is 0. The number of hydrogen-bond acceptors (Lipinski definition) is 4. The van der Waals surface area contributed by atoms with Gasteiger partial charge in [0, 0.05) is 17.9 Å². The molecule has 1 heterocycles. The van der Waals surface area contributed by atoms with Crippen molar-refractivity contribution in [1.82, 2.24) is 0 Å². The van der Waals surface area contributed by atoms with Gasteiger partial charge < -0.3 is 9.47 Å². The number of hydrogen-bond donors (Lipinski definition) is 0. The average Bonchev–Trinajstić information content (AvgIpc) is 3.47. The summed E-state index contributed by atoms with van der Waals surface area (Å²) in [6.07, 6.45) is -0.00609. The summed E-state index contributed by atoms with van der Waals surface area (Å²) in [6.45, 7) is 0. The van der Waals surface area contributed by atoms with E-state index in [9.17, 15) is 22.8 Å². The quantitative estimate of drug-likeness (QED) is 0.462. The minimum absolute atomic E-state index is 0.0695. The van der Waals surface area contributed by atoms with Crippen LogP contribution < -0.4 is 0 Å². The molecule has 0 N–H and O–H groups in total. The Bertz CT molecular complexity index is 1410. The minimum Gasteiger partial charge on any atom is -0.455 e. The summed E-state index contributed by atoms with van der Waals surface area (Å²) in [5.41, 5.74) is 3.74. The number of fused-ring (bicyclic) bond motifs is 5. The van der Waals surface area contributed by atoms with E-state index in [0.29, 0.717) is 18.1 Å². The average molecular weight is 476 g/mol. The van der Waals surface area contributed by atoms with Crippen LogP contribution in [0, 0.1) is 35.2 Å². The van der Waals surface area contributed by atoms with Crippen LogP contribution >= 0.6 is 0 Å². The van der Waals surface area contributed by atoms with E-state index in [4.69, 9.17) is 9.47 Å². The van der Waals surface area contributed by atoms with Gasteiger partial charge in [-0.1, -0.05) is 18.2 Å². The Morgan fingerprint density at radius 1 is 0.886 bits per heavy atom. The zero-order valence-corrected chi connectivity index (χ0v) is 18.3. The number of benzene rings is 3.